The molecule has 0 aliphatic carbocycles. The summed E-state index contributed by atoms with van der Waals surface area (Å²) in [5, 5.41) is 55.1. The van der Waals surface area contributed by atoms with Crippen LogP contribution in [0.4, 0.5) is 45.5 Å². The van der Waals surface area contributed by atoms with Crippen molar-refractivity contribution < 1.29 is 213 Å². The van der Waals surface area contributed by atoms with Crippen molar-refractivity contribution in [1.82, 2.24) is 0 Å². The number of phenolic OH excluding ortho intramolecular Hbond substituents is 1. The predicted octanol–water partition coefficient (Wildman–Crippen LogP) is -10.8. The molecule has 5 aromatic carbocycles. The van der Waals surface area contributed by atoms with Crippen molar-refractivity contribution >= 4 is 94.8 Å². The van der Waals surface area contributed by atoms with Gasteiger partial charge in [0, 0.05) is 16.3 Å². The minimum atomic E-state index is -5.52. The van der Waals surface area contributed by atoms with Crippen molar-refractivity contribution in [2.75, 3.05) is 5.73 Å². The molecular formula is C32H17N8Na5O15S2. The van der Waals surface area contributed by atoms with E-state index >= 15 is 0 Å². The molecule has 0 aliphatic heterocycles. The molecule has 0 saturated heterocycles. The Balaban J connectivity index is -0.00000299. The summed E-state index contributed by atoms with van der Waals surface area (Å²) in [6.07, 6.45) is 0.500. The SMILES string of the molecule is Cc1cc(N=Nc2cc(S(=O)(=O)[O-])c3cc(S(=O)(=O)[O-])c(N=Nc4[c-]cc([N+](=O)[O-])cc4)c(O)c3c2N)ccc1N=Nc1cc[c-]cc1C(=O)[O-].O=C=O.O=C=O.[Na+].[Na+].[Na+].[Na+].[Na+]. The van der Waals surface area contributed by atoms with Crippen molar-refractivity contribution in [3.63, 3.8) is 0 Å². The first-order valence-electron chi connectivity index (χ1n) is 14.5. The number of nitrogen functional groups attached to an aromatic ring is 1. The fourth-order valence-corrected chi connectivity index (χ4v) is 5.80. The number of non-ortho nitro benzene ring substituents is 1. The molecule has 0 bridgehead atoms. The van der Waals surface area contributed by atoms with Gasteiger partial charge >= 0.3 is 160 Å². The summed E-state index contributed by atoms with van der Waals surface area (Å²) in [6.45, 7) is 1.61. The fraction of sp³-hybridized carbons (Fsp3) is 0.0312. The molecule has 0 saturated carbocycles. The zero-order valence-corrected chi connectivity index (χ0v) is 44.7. The van der Waals surface area contributed by atoms with Gasteiger partial charge in [-0.05, 0) is 54.2 Å². The van der Waals surface area contributed by atoms with Gasteiger partial charge in [-0.25, -0.2) is 16.8 Å². The molecule has 0 aliphatic rings. The number of nitrogens with zero attached hydrogens (tertiary/aromatic N) is 7. The largest absolute Gasteiger partial charge is 1.00 e. The topological polar surface area (TPSA) is 386 Å². The van der Waals surface area contributed by atoms with Gasteiger partial charge in [-0.2, -0.15) is 57.8 Å². The van der Waals surface area contributed by atoms with Gasteiger partial charge in [0.05, 0.1) is 32.2 Å². The average Bonchev–Trinajstić information content (AvgIpc) is 3.13. The Hall–Kier alpha value is -2.79. The number of fused-ring (bicyclic) bond motifs is 1. The number of azo groups is 3. The van der Waals surface area contributed by atoms with Crippen molar-refractivity contribution in [3.05, 3.63) is 100 Å². The molecule has 3 N–H and O–H groups in total. The monoisotopic (exact) mass is 932 g/mol. The number of hydrogen-bond donors (Lipinski definition) is 2. The third-order valence-corrected chi connectivity index (χ3v) is 8.61. The first-order valence-corrected chi connectivity index (χ1v) is 17.4. The molecular weight excluding hydrogens is 915 g/mol. The Bertz CT molecular complexity index is 2790. The van der Waals surface area contributed by atoms with E-state index in [0.29, 0.717) is 23.4 Å². The van der Waals surface area contributed by atoms with Crippen LogP contribution in [0.3, 0.4) is 0 Å². The number of carboxylic acid groups (broad SMARTS) is 1. The normalized spacial score (nSPS) is 10.4. The maximum absolute atomic E-state index is 12.3. The second-order valence-corrected chi connectivity index (χ2v) is 13.1. The second-order valence-electron chi connectivity index (χ2n) is 10.4. The first kappa shape index (κ1) is 63.5. The molecule has 5 rings (SSSR count). The van der Waals surface area contributed by atoms with Crippen LogP contribution in [-0.4, -0.2) is 54.2 Å². The van der Waals surface area contributed by atoms with Crippen LogP contribution in [0.25, 0.3) is 10.8 Å². The molecule has 5 aromatic rings. The van der Waals surface area contributed by atoms with Gasteiger partial charge in [-0.15, -0.1) is 28.4 Å². The maximum Gasteiger partial charge on any atom is 1.00 e. The summed E-state index contributed by atoms with van der Waals surface area (Å²) in [5.74, 6) is -2.64. The van der Waals surface area contributed by atoms with Gasteiger partial charge in [0.15, 0.2) is 11.4 Å². The molecule has 0 unspecified atom stereocenters. The van der Waals surface area contributed by atoms with Crippen molar-refractivity contribution in [2.45, 2.75) is 16.7 Å². The number of phenols is 1. The van der Waals surface area contributed by atoms with Crippen LogP contribution in [-0.2, 0) is 39.4 Å². The van der Waals surface area contributed by atoms with E-state index in [1.165, 1.54) is 36.4 Å². The molecule has 0 heterocycles. The summed E-state index contributed by atoms with van der Waals surface area (Å²) in [5.41, 5.74) is 4.37. The quantitative estimate of drug-likeness (QED) is 0.0250. The standard InChI is InChI=1S/C30H20N8O11S2.2CO2.5Na/c1-15-12-17(8-11-21(15)34-35-22-5-3-2-4-19(22)30(40)41)33-36-23-14-24(50(44,45)46)20-13-25(51(47,48)49)28(29(39)26(20)27(23)31)37-32-16-6-9-18(10-7-16)38(42)43;2*2-1-3;;;;;/h3-6,8-14,39H,31H2,1H3,(H,40,41)(H,44,45,46)(H,47,48,49);;;;;;;/q-2;;;5*+1/p-3. The Morgan fingerprint density at radius 3 is 1.82 bits per heavy atom. The number of aromatic carboxylic acids is 1. The van der Waals surface area contributed by atoms with Crippen LogP contribution in [0, 0.1) is 29.2 Å². The van der Waals surface area contributed by atoms with Crippen LogP contribution in [0.15, 0.2) is 107 Å². The van der Waals surface area contributed by atoms with E-state index in [0.717, 1.165) is 18.2 Å². The summed E-state index contributed by atoms with van der Waals surface area (Å²) in [7, 11) is -11.0. The van der Waals surface area contributed by atoms with Crippen LogP contribution in [0.2, 0.25) is 0 Å². The summed E-state index contributed by atoms with van der Waals surface area (Å²) in [6, 6.07) is 17.5. The third kappa shape index (κ3) is 17.3. The van der Waals surface area contributed by atoms with Gasteiger partial charge in [-0.1, -0.05) is 17.7 Å². The van der Waals surface area contributed by atoms with Crippen LogP contribution in [0.5, 0.6) is 5.75 Å². The van der Waals surface area contributed by atoms with E-state index in [-0.39, 0.29) is 188 Å². The number of anilines is 1. The zero-order chi connectivity index (χ0) is 42.7. The molecule has 0 atom stereocenters. The third-order valence-electron chi connectivity index (χ3n) is 6.88. The van der Waals surface area contributed by atoms with E-state index < -0.39 is 74.5 Å². The summed E-state index contributed by atoms with van der Waals surface area (Å²) < 4.78 is 73.4. The van der Waals surface area contributed by atoms with E-state index in [9.17, 15) is 51.1 Å². The van der Waals surface area contributed by atoms with E-state index in [1.807, 2.05) is 0 Å². The average molecular weight is 933 g/mol. The van der Waals surface area contributed by atoms with Gasteiger partial charge < -0.3 is 29.8 Å². The number of aryl methyl sites for hydroxylation is 1. The van der Waals surface area contributed by atoms with Crippen molar-refractivity contribution in [3.8, 4) is 5.75 Å². The van der Waals surface area contributed by atoms with Crippen LogP contribution >= 0.6 is 0 Å². The molecule has 23 nitrogen and oxygen atoms in total. The number of aromatic hydroxyl groups is 1. The Morgan fingerprint density at radius 2 is 1.32 bits per heavy atom. The van der Waals surface area contributed by atoms with Crippen LogP contribution < -0.4 is 159 Å². The van der Waals surface area contributed by atoms with Crippen molar-refractivity contribution in [1.29, 1.82) is 0 Å². The Morgan fingerprint density at radius 1 is 0.758 bits per heavy atom. The van der Waals surface area contributed by atoms with Crippen LogP contribution in [0.1, 0.15) is 15.9 Å². The van der Waals surface area contributed by atoms with E-state index in [4.69, 9.17) is 24.9 Å². The predicted molar refractivity (Wildman–Crippen MR) is 181 cm³/mol. The number of carbonyl (C=O) groups is 1. The number of rotatable bonds is 10. The maximum atomic E-state index is 12.3. The Kier molecular flexibility index (Phi) is 29.6. The number of nitrogens with two attached hydrogens (primary N) is 1. The molecule has 292 valence electrons. The molecule has 62 heavy (non-hydrogen) atoms. The molecule has 30 heteroatoms. The van der Waals surface area contributed by atoms with Gasteiger partial charge in [0.1, 0.15) is 31.6 Å². The first-order chi connectivity index (χ1) is 26.8. The molecule has 0 fully saturated rings. The van der Waals surface area contributed by atoms with Crippen molar-refractivity contribution in [2.24, 2.45) is 30.7 Å². The van der Waals surface area contributed by atoms with E-state index in [2.05, 4.69) is 42.8 Å². The molecule has 0 amide bonds. The number of hydrogen-bond acceptors (Lipinski definition) is 22. The van der Waals surface area contributed by atoms with Gasteiger partial charge in [0.2, 0.25) is 0 Å². The smallest absolute Gasteiger partial charge is 0.744 e. The number of carboxylic acids is 1. The molecule has 0 spiro atoms. The molecule has 0 aromatic heterocycles. The zero-order valence-electron chi connectivity index (χ0n) is 33.0. The van der Waals surface area contributed by atoms with E-state index in [1.54, 1.807) is 6.92 Å². The number of nitro groups is 1. The van der Waals surface area contributed by atoms with Gasteiger partial charge in [-0.3, -0.25) is 10.1 Å². The number of carbonyl (C=O) groups excluding carboxylic acids is 5. The summed E-state index contributed by atoms with van der Waals surface area (Å²) >= 11 is 0. The summed E-state index contributed by atoms with van der Waals surface area (Å²) in [4.78, 5) is 51.6. The fourth-order valence-electron chi connectivity index (χ4n) is 4.48. The minimum Gasteiger partial charge on any atom is -0.744 e. The molecule has 0 radical (unpaired) electrons. The minimum absolute atomic E-state index is 0. The van der Waals surface area contributed by atoms with Gasteiger partial charge in [0.25, 0.3) is 0 Å². The number of nitro benzene ring substituents is 1. The Labute approximate surface area is 460 Å². The second kappa shape index (κ2) is 28.9. The number of benzene rings is 5.